The molecule has 0 aromatic heterocycles. The van der Waals surface area contributed by atoms with Crippen LogP contribution in [-0.2, 0) is 20.0 Å². The van der Waals surface area contributed by atoms with E-state index >= 15 is 0 Å². The smallest absolute Gasteiger partial charge is 0.263 e. The summed E-state index contributed by atoms with van der Waals surface area (Å²) in [5.41, 5.74) is 2.50. The van der Waals surface area contributed by atoms with Crippen molar-refractivity contribution in [2.75, 3.05) is 23.1 Å². The molecule has 3 aromatic carbocycles. The Labute approximate surface area is 229 Å². The van der Waals surface area contributed by atoms with Crippen molar-refractivity contribution < 1.29 is 21.6 Å². The predicted octanol–water partition coefficient (Wildman–Crippen LogP) is 5.57. The molecule has 4 rings (SSSR count). The number of halogens is 1. The number of benzene rings is 3. The Kier molecular flexibility index (Phi) is 8.46. The lowest BCUT2D eigenvalue weighted by Gasteiger charge is -2.20. The third-order valence-electron chi connectivity index (χ3n) is 6.44. The molecule has 0 bridgehead atoms. The highest BCUT2D eigenvalue weighted by Crippen LogP contribution is 2.28. The molecule has 0 radical (unpaired) electrons. The molecule has 1 heterocycles. The average molecular weight is 576 g/mol. The van der Waals surface area contributed by atoms with Gasteiger partial charge in [0.25, 0.3) is 15.9 Å². The number of aryl methyl sites for hydroxylation is 2. The lowest BCUT2D eigenvalue weighted by molar-refractivity contribution is 0.102. The second-order valence-electron chi connectivity index (χ2n) is 9.37. The normalized spacial score (nSPS) is 15.0. The van der Waals surface area contributed by atoms with Crippen LogP contribution in [0.3, 0.4) is 0 Å². The molecule has 38 heavy (non-hydrogen) atoms. The number of nitrogens with zero attached hydrogens (tertiary/aromatic N) is 1. The highest BCUT2D eigenvalue weighted by molar-refractivity contribution is 7.92. The Morgan fingerprint density at radius 1 is 0.842 bits per heavy atom. The number of amides is 1. The summed E-state index contributed by atoms with van der Waals surface area (Å²) in [6.45, 7) is 4.64. The van der Waals surface area contributed by atoms with Crippen LogP contribution in [0.25, 0.3) is 0 Å². The maximum absolute atomic E-state index is 13.1. The molecule has 0 saturated carbocycles. The molecule has 2 N–H and O–H groups in total. The minimum absolute atomic E-state index is 0.0255. The first kappa shape index (κ1) is 28.1. The van der Waals surface area contributed by atoms with Crippen LogP contribution in [0.5, 0.6) is 0 Å². The van der Waals surface area contributed by atoms with Gasteiger partial charge in [0.1, 0.15) is 4.90 Å². The number of sulfonamides is 2. The van der Waals surface area contributed by atoms with Gasteiger partial charge in [0.15, 0.2) is 0 Å². The first-order chi connectivity index (χ1) is 18.0. The van der Waals surface area contributed by atoms with Crippen LogP contribution in [0, 0.1) is 13.8 Å². The number of anilines is 2. The highest BCUT2D eigenvalue weighted by atomic mass is 35.5. The van der Waals surface area contributed by atoms with Gasteiger partial charge in [0.2, 0.25) is 10.0 Å². The second kappa shape index (κ2) is 11.4. The van der Waals surface area contributed by atoms with Gasteiger partial charge in [0, 0.05) is 24.3 Å². The van der Waals surface area contributed by atoms with Crippen molar-refractivity contribution >= 4 is 48.9 Å². The van der Waals surface area contributed by atoms with E-state index < -0.39 is 26.0 Å². The van der Waals surface area contributed by atoms with Gasteiger partial charge in [-0.3, -0.25) is 9.52 Å². The quantitative estimate of drug-likeness (QED) is 0.382. The van der Waals surface area contributed by atoms with E-state index in [2.05, 4.69) is 10.0 Å². The molecule has 0 atom stereocenters. The summed E-state index contributed by atoms with van der Waals surface area (Å²) in [6.07, 6.45) is 3.72. The van der Waals surface area contributed by atoms with E-state index in [1.165, 1.54) is 46.8 Å². The molecule has 1 aliphatic rings. The Hall–Kier alpha value is -2.92. The van der Waals surface area contributed by atoms with E-state index in [1.807, 2.05) is 19.1 Å². The van der Waals surface area contributed by atoms with E-state index in [0.717, 1.165) is 36.8 Å². The standard InChI is InChI=1S/C27H30ClN3O5S2/c1-19-7-8-20(2)25(17-19)30-37(33,34)26-18-21(9-14-24(26)28)27(32)29-22-10-12-23(13-11-22)38(35,36)31-15-5-3-4-6-16-31/h7-14,17-18,30H,3-6,15-16H2,1-2H3,(H,29,32). The van der Waals surface area contributed by atoms with Crippen LogP contribution in [0.4, 0.5) is 11.4 Å². The van der Waals surface area contributed by atoms with Gasteiger partial charge in [-0.2, -0.15) is 4.31 Å². The summed E-state index contributed by atoms with van der Waals surface area (Å²) in [5, 5.41) is 2.66. The molecule has 1 aliphatic heterocycles. The van der Waals surface area contributed by atoms with Crippen LogP contribution >= 0.6 is 11.6 Å². The van der Waals surface area contributed by atoms with Gasteiger partial charge < -0.3 is 5.32 Å². The zero-order chi connectivity index (χ0) is 27.5. The van der Waals surface area contributed by atoms with Gasteiger partial charge in [0.05, 0.1) is 15.6 Å². The Bertz CT molecular complexity index is 1550. The number of nitrogens with one attached hydrogen (secondary N) is 2. The Morgan fingerprint density at radius 2 is 1.50 bits per heavy atom. The Balaban J connectivity index is 1.51. The fourth-order valence-electron chi connectivity index (χ4n) is 4.24. The van der Waals surface area contributed by atoms with Gasteiger partial charge in [-0.05, 0) is 86.3 Å². The van der Waals surface area contributed by atoms with Crippen molar-refractivity contribution in [1.29, 1.82) is 0 Å². The number of hydrogen-bond donors (Lipinski definition) is 2. The molecule has 1 fully saturated rings. The van der Waals surface area contributed by atoms with E-state index in [0.29, 0.717) is 24.5 Å². The summed E-state index contributed by atoms with van der Waals surface area (Å²) in [4.78, 5) is 12.9. The summed E-state index contributed by atoms with van der Waals surface area (Å²) in [7, 11) is -7.69. The second-order valence-corrected chi connectivity index (χ2v) is 13.4. The van der Waals surface area contributed by atoms with Gasteiger partial charge in [-0.1, -0.05) is 36.6 Å². The van der Waals surface area contributed by atoms with Gasteiger partial charge in [-0.25, -0.2) is 16.8 Å². The fourth-order valence-corrected chi connectivity index (χ4v) is 7.41. The molecule has 1 saturated heterocycles. The minimum atomic E-state index is -4.08. The fraction of sp³-hybridized carbons (Fsp3) is 0.296. The summed E-state index contributed by atoms with van der Waals surface area (Å²) < 4.78 is 56.3. The molecule has 11 heteroatoms. The zero-order valence-electron chi connectivity index (χ0n) is 21.2. The number of hydrogen-bond acceptors (Lipinski definition) is 5. The summed E-state index contributed by atoms with van der Waals surface area (Å²) >= 11 is 6.21. The number of carbonyl (C=O) groups excluding carboxylic acids is 1. The molecular weight excluding hydrogens is 546 g/mol. The lowest BCUT2D eigenvalue weighted by Crippen LogP contribution is -2.31. The monoisotopic (exact) mass is 575 g/mol. The predicted molar refractivity (Wildman–Crippen MR) is 150 cm³/mol. The molecule has 0 aliphatic carbocycles. The third-order valence-corrected chi connectivity index (χ3v) is 10.2. The van der Waals surface area contributed by atoms with Crippen molar-refractivity contribution in [3.63, 3.8) is 0 Å². The average Bonchev–Trinajstić information content (AvgIpc) is 3.17. The van der Waals surface area contributed by atoms with Crippen LogP contribution in [-0.4, -0.2) is 40.1 Å². The van der Waals surface area contributed by atoms with Crippen LogP contribution in [0.2, 0.25) is 5.02 Å². The molecular formula is C27H30ClN3O5S2. The van der Waals surface area contributed by atoms with Crippen LogP contribution < -0.4 is 10.0 Å². The third kappa shape index (κ3) is 6.37. The Morgan fingerprint density at radius 3 is 2.16 bits per heavy atom. The zero-order valence-corrected chi connectivity index (χ0v) is 23.6. The first-order valence-corrected chi connectivity index (χ1v) is 15.6. The molecule has 3 aromatic rings. The van der Waals surface area contributed by atoms with Gasteiger partial charge in [-0.15, -0.1) is 0 Å². The topological polar surface area (TPSA) is 113 Å². The maximum atomic E-state index is 13.1. The highest BCUT2D eigenvalue weighted by Gasteiger charge is 2.25. The number of carbonyl (C=O) groups is 1. The van der Waals surface area contributed by atoms with Crippen molar-refractivity contribution in [1.82, 2.24) is 4.31 Å². The van der Waals surface area contributed by atoms with Crippen molar-refractivity contribution in [2.45, 2.75) is 49.3 Å². The van der Waals surface area contributed by atoms with E-state index in [9.17, 15) is 21.6 Å². The van der Waals surface area contributed by atoms with Crippen molar-refractivity contribution in [3.05, 3.63) is 82.4 Å². The van der Waals surface area contributed by atoms with Gasteiger partial charge >= 0.3 is 0 Å². The summed E-state index contributed by atoms with van der Waals surface area (Å²) in [5.74, 6) is -0.562. The number of rotatable bonds is 7. The maximum Gasteiger partial charge on any atom is 0.263 e. The molecule has 202 valence electrons. The lowest BCUT2D eigenvalue weighted by atomic mass is 10.1. The van der Waals surface area contributed by atoms with Crippen LogP contribution in [0.15, 0.2) is 70.5 Å². The van der Waals surface area contributed by atoms with Crippen LogP contribution in [0.1, 0.15) is 47.2 Å². The molecule has 8 nitrogen and oxygen atoms in total. The van der Waals surface area contributed by atoms with E-state index in [1.54, 1.807) is 13.0 Å². The van der Waals surface area contributed by atoms with E-state index in [-0.39, 0.29) is 20.4 Å². The first-order valence-electron chi connectivity index (χ1n) is 12.3. The minimum Gasteiger partial charge on any atom is -0.322 e. The van der Waals surface area contributed by atoms with Crippen molar-refractivity contribution in [3.8, 4) is 0 Å². The SMILES string of the molecule is Cc1ccc(C)c(NS(=O)(=O)c2cc(C(=O)Nc3ccc(S(=O)(=O)N4CCCCCC4)cc3)ccc2Cl)c1. The van der Waals surface area contributed by atoms with E-state index in [4.69, 9.17) is 11.6 Å². The molecule has 0 spiro atoms. The summed E-state index contributed by atoms with van der Waals surface area (Å²) in [6, 6.07) is 15.3. The van der Waals surface area contributed by atoms with Crippen molar-refractivity contribution in [2.24, 2.45) is 0 Å². The molecule has 1 amide bonds. The molecule has 0 unspecified atom stereocenters. The largest absolute Gasteiger partial charge is 0.322 e.